The van der Waals surface area contributed by atoms with E-state index < -0.39 is 5.09 Å². The first kappa shape index (κ1) is 21.1. The van der Waals surface area contributed by atoms with Crippen LogP contribution in [0.2, 0.25) is 0 Å². The van der Waals surface area contributed by atoms with Crippen molar-refractivity contribution in [2.45, 2.75) is 6.42 Å². The van der Waals surface area contributed by atoms with Crippen molar-refractivity contribution >= 4 is 17.0 Å². The topological polar surface area (TPSA) is 115 Å². The second-order valence-corrected chi connectivity index (χ2v) is 5.03. The molecule has 3 aromatic rings. The summed E-state index contributed by atoms with van der Waals surface area (Å²) in [7, 11) is 0. The smallest absolute Gasteiger partial charge is 0.872 e. The van der Waals surface area contributed by atoms with Gasteiger partial charge in [0.05, 0.1) is 5.09 Å². The Morgan fingerprint density at radius 3 is 2.42 bits per heavy atom. The summed E-state index contributed by atoms with van der Waals surface area (Å²) in [6, 6.07) is 17.1. The van der Waals surface area contributed by atoms with Crippen LogP contribution in [0, 0.1) is 15.3 Å². The number of hydrogen-bond donors (Lipinski definition) is 0. The van der Waals surface area contributed by atoms with Gasteiger partial charge in [-0.05, 0) is 28.5 Å². The van der Waals surface area contributed by atoms with E-state index in [0.29, 0.717) is 12.1 Å². The summed E-state index contributed by atoms with van der Waals surface area (Å²) >= 11 is 0. The molecule has 8 heteroatoms. The van der Waals surface area contributed by atoms with E-state index in [1.165, 1.54) is 0 Å². The zero-order valence-corrected chi connectivity index (χ0v) is 14.5. The monoisotopic (exact) mass is 400 g/mol. The van der Waals surface area contributed by atoms with Crippen LogP contribution in [0.15, 0.2) is 65.8 Å². The second kappa shape index (κ2) is 10.8. The van der Waals surface area contributed by atoms with Crippen LogP contribution in [0.4, 0.5) is 0 Å². The Hall–Kier alpha value is -2.96. The molecule has 0 N–H and O–H groups in total. The van der Waals surface area contributed by atoms with Crippen molar-refractivity contribution in [1.82, 2.24) is 4.98 Å². The molecule has 0 unspecified atom stereocenters. The van der Waals surface area contributed by atoms with Gasteiger partial charge in [-0.2, -0.15) is 0 Å². The van der Waals surface area contributed by atoms with Gasteiger partial charge in [-0.1, -0.05) is 48.2 Å². The summed E-state index contributed by atoms with van der Waals surface area (Å²) in [6.07, 6.45) is 4.24. The van der Waals surface area contributed by atoms with Gasteiger partial charge in [-0.25, -0.2) is 0 Å². The maximum atomic E-state index is 12.0. The van der Waals surface area contributed by atoms with Gasteiger partial charge in [-0.15, -0.1) is 0 Å². The third-order valence-corrected chi connectivity index (χ3v) is 3.37. The molecular formula is C18H15CuN3O4. The molecule has 26 heavy (non-hydrogen) atoms. The van der Waals surface area contributed by atoms with E-state index in [4.69, 9.17) is 15.3 Å². The molecule has 1 heterocycles. The van der Waals surface area contributed by atoms with Crippen LogP contribution < -0.4 is 5.11 Å². The molecule has 0 saturated heterocycles. The van der Waals surface area contributed by atoms with Crippen molar-refractivity contribution in [1.29, 1.82) is 0 Å². The maximum absolute atomic E-state index is 12.0. The van der Waals surface area contributed by atoms with E-state index in [1.807, 2.05) is 48.5 Å². The standard InChI is InChI=1S/C18H16N2O.Cu.NO3/c21-18-9-8-14-5-1-2-7-16(14)17(18)13-19-12-10-15-6-3-4-11-20-15;;2-1(3)4/h1-9,11,13,21H,10,12H2;;/q;+2;-1/p-1. The van der Waals surface area contributed by atoms with Crippen LogP contribution in [0.25, 0.3) is 10.8 Å². The van der Waals surface area contributed by atoms with Crippen LogP contribution in [0.5, 0.6) is 5.75 Å². The minimum atomic E-state index is -1.75. The molecule has 0 bridgehead atoms. The molecule has 0 aliphatic rings. The molecule has 1 aromatic heterocycles. The second-order valence-electron chi connectivity index (χ2n) is 5.03. The fraction of sp³-hybridized carbons (Fsp3) is 0.111. The van der Waals surface area contributed by atoms with Gasteiger partial charge in [0.1, 0.15) is 0 Å². The molecule has 3 rings (SSSR count). The molecule has 137 valence electrons. The fourth-order valence-corrected chi connectivity index (χ4v) is 2.29. The van der Waals surface area contributed by atoms with Gasteiger partial charge < -0.3 is 20.4 Å². The molecule has 0 spiro atoms. The summed E-state index contributed by atoms with van der Waals surface area (Å²) in [4.78, 5) is 16.9. The SMILES string of the molecule is O=[N+]([O-])[O-].[Cu+2].[O-]c1ccc2ccccc2c1C=NCCc1ccccn1. The van der Waals surface area contributed by atoms with Crippen LogP contribution >= 0.6 is 0 Å². The molecule has 0 atom stereocenters. The number of aromatic nitrogens is 1. The zero-order valence-electron chi connectivity index (χ0n) is 13.5. The van der Waals surface area contributed by atoms with Crippen molar-refractivity contribution in [2.24, 2.45) is 4.99 Å². The molecule has 2 aromatic carbocycles. The first-order valence-electron chi connectivity index (χ1n) is 7.48. The first-order chi connectivity index (χ1) is 12.1. The molecular weight excluding hydrogens is 386 g/mol. The predicted molar refractivity (Wildman–Crippen MR) is 94.2 cm³/mol. The number of nitrogens with zero attached hydrogens (tertiary/aromatic N) is 3. The molecule has 1 radical (unpaired) electrons. The van der Waals surface area contributed by atoms with Crippen LogP contribution in [0.1, 0.15) is 11.3 Å². The maximum Gasteiger partial charge on any atom is 2.00 e. The van der Waals surface area contributed by atoms with Crippen molar-refractivity contribution in [3.63, 3.8) is 0 Å². The normalized spacial score (nSPS) is 10.0. The molecule has 7 nitrogen and oxygen atoms in total. The van der Waals surface area contributed by atoms with Crippen LogP contribution in [0.3, 0.4) is 0 Å². The number of hydrogen-bond acceptors (Lipinski definition) is 6. The zero-order chi connectivity index (χ0) is 18.1. The van der Waals surface area contributed by atoms with Crippen molar-refractivity contribution in [2.75, 3.05) is 6.54 Å². The Kier molecular flexibility index (Phi) is 8.77. The van der Waals surface area contributed by atoms with Gasteiger partial charge in [0.2, 0.25) is 0 Å². The van der Waals surface area contributed by atoms with Crippen molar-refractivity contribution < 1.29 is 27.3 Å². The average molecular weight is 401 g/mol. The van der Waals surface area contributed by atoms with E-state index >= 15 is 0 Å². The molecule has 0 aliphatic carbocycles. The first-order valence-corrected chi connectivity index (χ1v) is 7.48. The number of aliphatic imine (C=N–C) groups is 1. The van der Waals surface area contributed by atoms with Gasteiger partial charge in [0, 0.05) is 31.1 Å². The van der Waals surface area contributed by atoms with Gasteiger partial charge in [0.25, 0.3) is 0 Å². The number of fused-ring (bicyclic) bond motifs is 1. The summed E-state index contributed by atoms with van der Waals surface area (Å²) < 4.78 is 0. The Balaban J connectivity index is 0.000000616. The number of rotatable bonds is 4. The van der Waals surface area contributed by atoms with E-state index in [0.717, 1.165) is 22.9 Å². The Morgan fingerprint density at radius 1 is 1.04 bits per heavy atom. The Labute approximate surface area is 160 Å². The molecule has 0 amide bonds. The number of benzene rings is 2. The van der Waals surface area contributed by atoms with Gasteiger partial charge in [0.15, 0.2) is 0 Å². The minimum Gasteiger partial charge on any atom is -0.872 e. The quantitative estimate of drug-likeness (QED) is 0.289. The van der Waals surface area contributed by atoms with Crippen LogP contribution in [-0.2, 0) is 23.5 Å². The predicted octanol–water partition coefficient (Wildman–Crippen LogP) is 2.73. The summed E-state index contributed by atoms with van der Waals surface area (Å²) in [5.41, 5.74) is 1.67. The van der Waals surface area contributed by atoms with Gasteiger partial charge in [-0.3, -0.25) is 9.98 Å². The Morgan fingerprint density at radius 2 is 1.73 bits per heavy atom. The molecule has 0 aliphatic heterocycles. The third kappa shape index (κ3) is 6.51. The van der Waals surface area contributed by atoms with Crippen molar-refractivity contribution in [3.8, 4) is 5.75 Å². The summed E-state index contributed by atoms with van der Waals surface area (Å²) in [5.74, 6) is 0.00952. The van der Waals surface area contributed by atoms with Crippen molar-refractivity contribution in [3.05, 3.63) is 87.4 Å². The number of pyridine rings is 1. The third-order valence-electron chi connectivity index (χ3n) is 3.37. The average Bonchev–Trinajstić information content (AvgIpc) is 2.60. The Bertz CT molecular complexity index is 869. The minimum absolute atomic E-state index is 0. The van der Waals surface area contributed by atoms with E-state index in [9.17, 15) is 5.11 Å². The van der Waals surface area contributed by atoms with E-state index in [-0.39, 0.29) is 22.8 Å². The fourth-order valence-electron chi connectivity index (χ4n) is 2.29. The largest absolute Gasteiger partial charge is 2.00 e. The van der Waals surface area contributed by atoms with Crippen LogP contribution in [-0.4, -0.2) is 22.8 Å². The molecule has 0 fully saturated rings. The summed E-state index contributed by atoms with van der Waals surface area (Å²) in [5, 5.41) is 28.8. The van der Waals surface area contributed by atoms with Gasteiger partial charge >= 0.3 is 17.1 Å². The van der Waals surface area contributed by atoms with E-state index in [1.54, 1.807) is 18.5 Å². The molecule has 0 saturated carbocycles. The van der Waals surface area contributed by atoms with E-state index in [2.05, 4.69) is 9.98 Å². The summed E-state index contributed by atoms with van der Waals surface area (Å²) in [6.45, 7) is 0.625.